The summed E-state index contributed by atoms with van der Waals surface area (Å²) in [6.45, 7) is 1.62. The molecule has 0 saturated carbocycles. The molecule has 0 radical (unpaired) electrons. The van der Waals surface area contributed by atoms with Gasteiger partial charge in [-0.3, -0.25) is 0 Å². The van der Waals surface area contributed by atoms with Crippen molar-refractivity contribution in [2.24, 2.45) is 0 Å². The molecule has 106 valence electrons. The van der Waals surface area contributed by atoms with Crippen molar-refractivity contribution >= 4 is 22.7 Å². The zero-order valence-corrected chi connectivity index (χ0v) is 11.4. The van der Waals surface area contributed by atoms with Crippen LogP contribution in [0.5, 0.6) is 0 Å². The van der Waals surface area contributed by atoms with Gasteiger partial charge in [0.1, 0.15) is 5.82 Å². The van der Waals surface area contributed by atoms with Crippen LogP contribution in [0.3, 0.4) is 0 Å². The Balaban J connectivity index is 1.70. The van der Waals surface area contributed by atoms with Crippen LogP contribution in [0.2, 0.25) is 0 Å². The molecule has 3 aromatic rings. The first kappa shape index (κ1) is 12.2. The molecule has 2 aromatic carbocycles. The SMILES string of the molecule is Nc1cccc2c1CCN(c1nc3ccc(F)cc3[nH]1)C2. The Morgan fingerprint density at radius 2 is 2.14 bits per heavy atom. The summed E-state index contributed by atoms with van der Waals surface area (Å²) in [6.07, 6.45) is 0.896. The minimum atomic E-state index is -0.255. The Hall–Kier alpha value is -2.56. The van der Waals surface area contributed by atoms with Gasteiger partial charge in [0.05, 0.1) is 11.0 Å². The van der Waals surface area contributed by atoms with Gasteiger partial charge >= 0.3 is 0 Å². The lowest BCUT2D eigenvalue weighted by molar-refractivity contribution is 0.629. The molecular weight excluding hydrogens is 267 g/mol. The number of imidazole rings is 1. The van der Waals surface area contributed by atoms with Crippen LogP contribution in [0.25, 0.3) is 11.0 Å². The number of hydrogen-bond acceptors (Lipinski definition) is 3. The Bertz CT molecular complexity index is 824. The smallest absolute Gasteiger partial charge is 0.204 e. The molecule has 0 bridgehead atoms. The normalized spacial score (nSPS) is 14.4. The lowest BCUT2D eigenvalue weighted by Crippen LogP contribution is -2.31. The molecular formula is C16H15FN4. The maximum absolute atomic E-state index is 13.3. The van der Waals surface area contributed by atoms with Crippen molar-refractivity contribution in [1.82, 2.24) is 9.97 Å². The van der Waals surface area contributed by atoms with E-state index in [0.717, 1.165) is 42.2 Å². The van der Waals surface area contributed by atoms with E-state index in [4.69, 9.17) is 5.73 Å². The molecule has 0 spiro atoms. The second-order valence-electron chi connectivity index (χ2n) is 5.38. The zero-order valence-electron chi connectivity index (χ0n) is 11.4. The van der Waals surface area contributed by atoms with Crippen molar-refractivity contribution in [3.63, 3.8) is 0 Å². The van der Waals surface area contributed by atoms with Crippen molar-refractivity contribution in [2.75, 3.05) is 17.2 Å². The maximum atomic E-state index is 13.3. The molecule has 4 rings (SSSR count). The number of nitrogens with zero attached hydrogens (tertiary/aromatic N) is 2. The molecule has 0 unspecified atom stereocenters. The highest BCUT2D eigenvalue weighted by Crippen LogP contribution is 2.27. The van der Waals surface area contributed by atoms with Gasteiger partial charge in [0.25, 0.3) is 0 Å². The topological polar surface area (TPSA) is 57.9 Å². The fraction of sp³-hybridized carbons (Fsp3) is 0.188. The van der Waals surface area contributed by atoms with Gasteiger partial charge in [-0.15, -0.1) is 0 Å². The van der Waals surface area contributed by atoms with Gasteiger partial charge in [0, 0.05) is 18.8 Å². The van der Waals surface area contributed by atoms with Crippen LogP contribution in [0.15, 0.2) is 36.4 Å². The summed E-state index contributed by atoms with van der Waals surface area (Å²) in [5.41, 5.74) is 10.8. The molecule has 0 amide bonds. The highest BCUT2D eigenvalue weighted by atomic mass is 19.1. The molecule has 1 aliphatic rings. The van der Waals surface area contributed by atoms with E-state index in [2.05, 4.69) is 20.9 Å². The fourth-order valence-electron chi connectivity index (χ4n) is 2.94. The van der Waals surface area contributed by atoms with E-state index in [-0.39, 0.29) is 5.82 Å². The largest absolute Gasteiger partial charge is 0.398 e. The van der Waals surface area contributed by atoms with Crippen LogP contribution in [-0.4, -0.2) is 16.5 Å². The van der Waals surface area contributed by atoms with E-state index in [9.17, 15) is 4.39 Å². The predicted octanol–water partition coefficient (Wildman–Crippen LogP) is 2.85. The van der Waals surface area contributed by atoms with E-state index in [1.165, 1.54) is 23.3 Å². The Morgan fingerprint density at radius 1 is 1.24 bits per heavy atom. The Morgan fingerprint density at radius 3 is 3.05 bits per heavy atom. The summed E-state index contributed by atoms with van der Waals surface area (Å²) in [5.74, 6) is 0.526. The van der Waals surface area contributed by atoms with Crippen LogP contribution >= 0.6 is 0 Å². The van der Waals surface area contributed by atoms with Crippen LogP contribution in [-0.2, 0) is 13.0 Å². The molecule has 0 aliphatic carbocycles. The van der Waals surface area contributed by atoms with Gasteiger partial charge in [0.15, 0.2) is 0 Å². The number of aromatic nitrogens is 2. The number of nitrogen functional groups attached to an aromatic ring is 1. The number of nitrogens with two attached hydrogens (primary N) is 1. The van der Waals surface area contributed by atoms with Gasteiger partial charge in [-0.2, -0.15) is 0 Å². The third-order valence-electron chi connectivity index (χ3n) is 4.03. The molecule has 3 N–H and O–H groups in total. The fourth-order valence-corrected chi connectivity index (χ4v) is 2.94. The first-order valence-electron chi connectivity index (χ1n) is 6.97. The number of halogens is 1. The van der Waals surface area contributed by atoms with Gasteiger partial charge in [-0.05, 0) is 41.8 Å². The maximum Gasteiger partial charge on any atom is 0.204 e. The molecule has 1 aliphatic heterocycles. The van der Waals surface area contributed by atoms with Gasteiger partial charge in [-0.25, -0.2) is 9.37 Å². The number of hydrogen-bond donors (Lipinski definition) is 2. The zero-order chi connectivity index (χ0) is 14.4. The first-order chi connectivity index (χ1) is 10.2. The van der Waals surface area contributed by atoms with E-state index >= 15 is 0 Å². The van der Waals surface area contributed by atoms with E-state index < -0.39 is 0 Å². The van der Waals surface area contributed by atoms with Crippen molar-refractivity contribution in [2.45, 2.75) is 13.0 Å². The van der Waals surface area contributed by atoms with E-state index in [1.807, 2.05) is 12.1 Å². The lowest BCUT2D eigenvalue weighted by Gasteiger charge is -2.29. The number of benzene rings is 2. The third kappa shape index (κ3) is 2.01. The highest BCUT2D eigenvalue weighted by molar-refractivity contribution is 5.77. The Labute approximate surface area is 121 Å². The second kappa shape index (κ2) is 4.48. The van der Waals surface area contributed by atoms with Gasteiger partial charge in [0.2, 0.25) is 5.95 Å². The summed E-state index contributed by atoms with van der Waals surface area (Å²) in [4.78, 5) is 9.91. The number of nitrogens with one attached hydrogen (secondary N) is 1. The number of fused-ring (bicyclic) bond motifs is 2. The first-order valence-corrected chi connectivity index (χ1v) is 6.97. The van der Waals surface area contributed by atoms with E-state index in [0.29, 0.717) is 0 Å². The monoisotopic (exact) mass is 282 g/mol. The summed E-state index contributed by atoms with van der Waals surface area (Å²) < 4.78 is 13.3. The Kier molecular flexibility index (Phi) is 2.60. The lowest BCUT2D eigenvalue weighted by atomic mass is 9.98. The molecule has 0 atom stereocenters. The van der Waals surface area contributed by atoms with Crippen LogP contribution in [0, 0.1) is 5.82 Å². The second-order valence-corrected chi connectivity index (χ2v) is 5.38. The molecule has 1 aromatic heterocycles. The third-order valence-corrected chi connectivity index (χ3v) is 4.03. The van der Waals surface area contributed by atoms with Crippen LogP contribution in [0.4, 0.5) is 16.0 Å². The van der Waals surface area contributed by atoms with Crippen LogP contribution < -0.4 is 10.6 Å². The quantitative estimate of drug-likeness (QED) is 0.675. The van der Waals surface area contributed by atoms with Crippen molar-refractivity contribution in [3.8, 4) is 0 Å². The minimum Gasteiger partial charge on any atom is -0.398 e. The molecule has 0 saturated heterocycles. The van der Waals surface area contributed by atoms with Crippen molar-refractivity contribution < 1.29 is 4.39 Å². The average molecular weight is 282 g/mol. The van der Waals surface area contributed by atoms with Crippen molar-refractivity contribution in [3.05, 3.63) is 53.3 Å². The molecule has 0 fully saturated rings. The summed E-state index contributed by atoms with van der Waals surface area (Å²) in [7, 11) is 0. The standard InChI is InChI=1S/C16H15FN4/c17-11-4-5-14-15(8-11)20-16(19-14)21-7-6-12-10(9-21)2-1-3-13(12)18/h1-5,8H,6-7,9,18H2,(H,19,20). The van der Waals surface area contributed by atoms with Gasteiger partial charge < -0.3 is 15.6 Å². The summed E-state index contributed by atoms with van der Waals surface area (Å²) in [5, 5.41) is 0. The van der Waals surface area contributed by atoms with Gasteiger partial charge in [-0.1, -0.05) is 12.1 Å². The summed E-state index contributed by atoms with van der Waals surface area (Å²) >= 11 is 0. The number of aromatic amines is 1. The van der Waals surface area contributed by atoms with Crippen molar-refractivity contribution in [1.29, 1.82) is 0 Å². The highest BCUT2D eigenvalue weighted by Gasteiger charge is 2.20. The molecule has 4 nitrogen and oxygen atoms in total. The molecule has 21 heavy (non-hydrogen) atoms. The summed E-state index contributed by atoms with van der Waals surface area (Å²) in [6, 6.07) is 10.6. The molecule has 5 heteroatoms. The average Bonchev–Trinajstić information content (AvgIpc) is 2.90. The van der Waals surface area contributed by atoms with E-state index in [1.54, 1.807) is 6.07 Å². The molecule has 2 heterocycles. The van der Waals surface area contributed by atoms with Crippen LogP contribution in [0.1, 0.15) is 11.1 Å². The predicted molar refractivity (Wildman–Crippen MR) is 81.7 cm³/mol. The number of H-pyrrole nitrogens is 1. The number of anilines is 2. The number of rotatable bonds is 1. The minimum absolute atomic E-state index is 0.255.